The predicted octanol–water partition coefficient (Wildman–Crippen LogP) is 2.44. The fourth-order valence-corrected chi connectivity index (χ4v) is 3.58. The molecule has 1 unspecified atom stereocenters. The minimum Gasteiger partial charge on any atom is -0.370 e. The summed E-state index contributed by atoms with van der Waals surface area (Å²) in [6.45, 7) is 3.27. The van der Waals surface area contributed by atoms with E-state index >= 15 is 0 Å². The molecule has 2 aliphatic rings. The van der Waals surface area contributed by atoms with E-state index < -0.39 is 10.1 Å². The van der Waals surface area contributed by atoms with Crippen molar-refractivity contribution in [2.45, 2.75) is 19.5 Å². The van der Waals surface area contributed by atoms with Gasteiger partial charge in [0.05, 0.1) is 23.8 Å². The molecule has 0 spiro atoms. The second-order valence-corrected chi connectivity index (χ2v) is 8.00. The molecule has 130 valence electrons. The van der Waals surface area contributed by atoms with Gasteiger partial charge in [0, 0.05) is 35.7 Å². The van der Waals surface area contributed by atoms with Gasteiger partial charge in [-0.3, -0.25) is 4.55 Å². The number of aryl methyl sites for hydroxylation is 1. The number of aromatic nitrogens is 1. The molecule has 1 aromatic carbocycles. The van der Waals surface area contributed by atoms with E-state index in [0.29, 0.717) is 12.4 Å². The Morgan fingerprint density at radius 2 is 2.04 bits per heavy atom. The van der Waals surface area contributed by atoms with Crippen molar-refractivity contribution in [2.24, 2.45) is 7.05 Å². The van der Waals surface area contributed by atoms with E-state index in [1.54, 1.807) is 0 Å². The number of nitrogens with zero attached hydrogens (tertiary/aromatic N) is 2. The topological polar surface area (TPSA) is 74.6 Å². The maximum absolute atomic E-state index is 9.19. The zero-order valence-electron chi connectivity index (χ0n) is 13.7. The summed E-state index contributed by atoms with van der Waals surface area (Å²) in [5.41, 5.74) is 5.33. The van der Waals surface area contributed by atoms with Crippen molar-refractivity contribution in [2.75, 3.05) is 12.8 Å². The van der Waals surface area contributed by atoms with E-state index in [2.05, 4.69) is 47.1 Å². The molecule has 2 aliphatic heterocycles. The minimum atomic E-state index is -3.67. The number of benzene rings is 1. The smallest absolute Gasteiger partial charge is 0.261 e. The molecule has 0 aliphatic carbocycles. The van der Waals surface area contributed by atoms with Crippen LogP contribution in [0.15, 0.2) is 24.4 Å². The quantitative estimate of drug-likeness (QED) is 0.698. The summed E-state index contributed by atoms with van der Waals surface area (Å²) in [4.78, 5) is 2.43. The fraction of sp³-hybridized carbons (Fsp3) is 0.375. The molecule has 0 fully saturated rings. The maximum Gasteiger partial charge on any atom is 0.261 e. The Hall–Kier alpha value is -1.70. The second kappa shape index (κ2) is 5.98. The van der Waals surface area contributed by atoms with Crippen LogP contribution in [-0.2, 0) is 23.6 Å². The second-order valence-electron chi connectivity index (χ2n) is 6.10. The van der Waals surface area contributed by atoms with Gasteiger partial charge in [0.15, 0.2) is 0 Å². The third kappa shape index (κ3) is 3.11. The summed E-state index contributed by atoms with van der Waals surface area (Å²) in [7, 11) is -1.53. The molecular formula is C16H20ClN3O3S. The van der Waals surface area contributed by atoms with Gasteiger partial charge >= 0.3 is 0 Å². The molecule has 1 aromatic heterocycles. The van der Waals surface area contributed by atoms with Gasteiger partial charge in [-0.1, -0.05) is 11.6 Å². The highest BCUT2D eigenvalue weighted by atomic mass is 35.5. The Morgan fingerprint density at radius 3 is 2.71 bits per heavy atom. The van der Waals surface area contributed by atoms with Crippen LogP contribution in [0.2, 0.25) is 5.02 Å². The molecule has 24 heavy (non-hydrogen) atoms. The minimum absolute atomic E-state index is 0.393. The molecule has 3 heterocycles. The Labute approximate surface area is 146 Å². The number of rotatable bonds is 0. The van der Waals surface area contributed by atoms with Gasteiger partial charge in [-0.2, -0.15) is 8.42 Å². The lowest BCUT2D eigenvalue weighted by molar-refractivity contribution is 0.307. The summed E-state index contributed by atoms with van der Waals surface area (Å²) in [6, 6.07) is 6.18. The molecule has 2 aromatic rings. The lowest BCUT2D eigenvalue weighted by Gasteiger charge is -2.31. The summed E-state index contributed by atoms with van der Waals surface area (Å²) in [5.74, 6) is 0. The van der Waals surface area contributed by atoms with Crippen molar-refractivity contribution in [1.29, 1.82) is 0 Å². The number of hydrogen-bond acceptors (Lipinski definition) is 4. The Balaban J connectivity index is 0.000000300. The van der Waals surface area contributed by atoms with Crippen molar-refractivity contribution in [1.82, 2.24) is 14.8 Å². The number of halogens is 1. The van der Waals surface area contributed by atoms with Crippen LogP contribution in [0, 0.1) is 0 Å². The monoisotopic (exact) mass is 369 g/mol. The van der Waals surface area contributed by atoms with Crippen LogP contribution in [0.25, 0.3) is 16.6 Å². The van der Waals surface area contributed by atoms with Gasteiger partial charge in [0.2, 0.25) is 0 Å². The van der Waals surface area contributed by atoms with E-state index in [4.69, 9.17) is 16.2 Å². The van der Waals surface area contributed by atoms with E-state index in [-0.39, 0.29) is 0 Å². The highest BCUT2D eigenvalue weighted by Gasteiger charge is 2.32. The summed E-state index contributed by atoms with van der Waals surface area (Å²) < 4.78 is 28.2. The predicted molar refractivity (Wildman–Crippen MR) is 96.4 cm³/mol. The lowest BCUT2D eigenvalue weighted by atomic mass is 10.0. The van der Waals surface area contributed by atoms with Crippen molar-refractivity contribution in [3.8, 4) is 0 Å². The molecule has 0 amide bonds. The fourth-order valence-electron chi connectivity index (χ4n) is 3.40. The largest absolute Gasteiger partial charge is 0.370 e. The molecule has 0 saturated carbocycles. The summed E-state index contributed by atoms with van der Waals surface area (Å²) in [5, 5.41) is 5.52. The Morgan fingerprint density at radius 1 is 1.38 bits per heavy atom. The first-order chi connectivity index (χ1) is 11.2. The van der Waals surface area contributed by atoms with Gasteiger partial charge in [-0.05, 0) is 37.1 Å². The first-order valence-corrected chi connectivity index (χ1v) is 9.82. The Bertz CT molecular complexity index is 926. The number of nitrogens with one attached hydrogen (secondary N) is 1. The normalized spacial score (nSPS) is 19.1. The molecule has 2 N–H and O–H groups in total. The van der Waals surface area contributed by atoms with Crippen molar-refractivity contribution in [3.63, 3.8) is 0 Å². The number of hydrogen-bond donors (Lipinski definition) is 2. The van der Waals surface area contributed by atoms with Gasteiger partial charge in [-0.15, -0.1) is 0 Å². The first-order valence-electron chi connectivity index (χ1n) is 7.59. The van der Waals surface area contributed by atoms with Crippen molar-refractivity contribution >= 4 is 38.3 Å². The maximum atomic E-state index is 9.19. The van der Waals surface area contributed by atoms with Crippen LogP contribution < -0.4 is 5.32 Å². The van der Waals surface area contributed by atoms with Crippen LogP contribution in [0.5, 0.6) is 0 Å². The van der Waals surface area contributed by atoms with Crippen LogP contribution >= 0.6 is 11.6 Å². The average molecular weight is 370 g/mol. The van der Waals surface area contributed by atoms with Crippen LogP contribution in [0.4, 0.5) is 0 Å². The zero-order valence-corrected chi connectivity index (χ0v) is 15.3. The summed E-state index contributed by atoms with van der Waals surface area (Å²) in [6.07, 6.45) is 4.33. The number of fused-ring (bicyclic) bond motifs is 5. The van der Waals surface area contributed by atoms with Gasteiger partial charge in [0.1, 0.15) is 0 Å². The van der Waals surface area contributed by atoms with Crippen LogP contribution in [0.1, 0.15) is 18.2 Å². The standard InChI is InChI=1S/C15H16ClN3.CH4O3S/c1-9-17-8-14-15-11(5-6-19(9)14)12-7-10(16)3-4-13(12)18(15)2;1-5(2,3)4/h3-4,7-9,17H,5-6H2,1-2H3;1H3,(H,2,3,4). The molecule has 0 bridgehead atoms. The lowest BCUT2D eigenvalue weighted by Crippen LogP contribution is -2.37. The molecule has 8 heteroatoms. The third-order valence-electron chi connectivity index (χ3n) is 4.35. The molecule has 4 rings (SSSR count). The van der Waals surface area contributed by atoms with E-state index in [9.17, 15) is 8.42 Å². The zero-order chi connectivity index (χ0) is 17.6. The van der Waals surface area contributed by atoms with E-state index in [1.807, 2.05) is 6.07 Å². The SMILES string of the molecule is CC1NC=C2c3c(c4cc(Cl)ccc4n3C)CCN21.CS(=O)(=O)O. The third-order valence-corrected chi connectivity index (χ3v) is 4.58. The van der Waals surface area contributed by atoms with Crippen molar-refractivity contribution < 1.29 is 13.0 Å². The first kappa shape index (κ1) is 17.1. The average Bonchev–Trinajstić information content (AvgIpc) is 2.97. The van der Waals surface area contributed by atoms with Crippen LogP contribution in [-0.4, -0.2) is 41.4 Å². The van der Waals surface area contributed by atoms with E-state index in [1.165, 1.54) is 27.9 Å². The molecular weight excluding hydrogens is 350 g/mol. The van der Waals surface area contributed by atoms with E-state index in [0.717, 1.165) is 18.0 Å². The molecule has 1 atom stereocenters. The van der Waals surface area contributed by atoms with Gasteiger partial charge in [-0.25, -0.2) is 0 Å². The molecule has 0 radical (unpaired) electrons. The highest BCUT2D eigenvalue weighted by molar-refractivity contribution is 7.85. The summed E-state index contributed by atoms with van der Waals surface area (Å²) >= 11 is 6.16. The van der Waals surface area contributed by atoms with Gasteiger partial charge in [0.25, 0.3) is 10.1 Å². The Kier molecular flexibility index (Phi) is 4.27. The molecule has 6 nitrogen and oxygen atoms in total. The highest BCUT2D eigenvalue weighted by Crippen LogP contribution is 2.38. The van der Waals surface area contributed by atoms with Crippen LogP contribution in [0.3, 0.4) is 0 Å². The molecule has 0 saturated heterocycles. The van der Waals surface area contributed by atoms with Crippen molar-refractivity contribution in [3.05, 3.63) is 40.7 Å². The van der Waals surface area contributed by atoms with Gasteiger partial charge < -0.3 is 14.8 Å².